The van der Waals surface area contributed by atoms with Crippen molar-refractivity contribution in [3.8, 4) is 0 Å². The van der Waals surface area contributed by atoms with Gasteiger partial charge in [0, 0.05) is 26.1 Å². The second-order valence-electron chi connectivity index (χ2n) is 7.98. The molecule has 0 spiro atoms. The van der Waals surface area contributed by atoms with Gasteiger partial charge in [-0.1, -0.05) is 44.2 Å². The Hall–Kier alpha value is -2.37. The summed E-state index contributed by atoms with van der Waals surface area (Å²) in [5.74, 6) is -1.09. The van der Waals surface area contributed by atoms with Crippen molar-refractivity contribution in [2.45, 2.75) is 45.6 Å². The number of carbonyl (C=O) groups excluding carboxylic acids is 2. The van der Waals surface area contributed by atoms with E-state index in [1.165, 1.54) is 0 Å². The highest BCUT2D eigenvalue weighted by Crippen LogP contribution is 2.40. The van der Waals surface area contributed by atoms with Gasteiger partial charge in [-0.25, -0.2) is 0 Å². The lowest BCUT2D eigenvalue weighted by Gasteiger charge is -2.36. The molecule has 2 saturated heterocycles. The summed E-state index contributed by atoms with van der Waals surface area (Å²) >= 11 is 0. The molecular weight excluding hydrogens is 344 g/mol. The van der Waals surface area contributed by atoms with Crippen LogP contribution in [0.25, 0.3) is 0 Å². The number of hydrogen-bond acceptors (Lipinski definition) is 3. The van der Waals surface area contributed by atoms with Crippen LogP contribution in [0.3, 0.4) is 0 Å². The van der Waals surface area contributed by atoms with Gasteiger partial charge in [0.15, 0.2) is 0 Å². The molecule has 6 heteroatoms. The first-order chi connectivity index (χ1) is 12.9. The van der Waals surface area contributed by atoms with Crippen molar-refractivity contribution >= 4 is 17.8 Å². The van der Waals surface area contributed by atoms with Crippen molar-refractivity contribution in [3.63, 3.8) is 0 Å². The number of likely N-dealkylation sites (tertiary alicyclic amines) is 2. The highest BCUT2D eigenvalue weighted by Gasteiger charge is 2.50. The molecule has 1 N–H and O–H groups in total. The van der Waals surface area contributed by atoms with E-state index in [-0.39, 0.29) is 24.3 Å². The molecule has 1 aromatic carbocycles. The van der Waals surface area contributed by atoms with Crippen LogP contribution in [-0.2, 0) is 14.4 Å². The van der Waals surface area contributed by atoms with E-state index in [0.717, 1.165) is 18.4 Å². The zero-order valence-electron chi connectivity index (χ0n) is 16.1. The lowest BCUT2D eigenvalue weighted by molar-refractivity contribution is -0.153. The number of carboxylic acid groups (broad SMARTS) is 1. The molecule has 0 saturated carbocycles. The summed E-state index contributed by atoms with van der Waals surface area (Å²) < 4.78 is 0. The summed E-state index contributed by atoms with van der Waals surface area (Å²) in [6, 6.07) is 8.68. The average molecular weight is 372 g/mol. The fourth-order valence-corrected chi connectivity index (χ4v) is 4.28. The van der Waals surface area contributed by atoms with Gasteiger partial charge in [-0.15, -0.1) is 0 Å². The Kier molecular flexibility index (Phi) is 5.53. The monoisotopic (exact) mass is 372 g/mol. The fraction of sp³-hybridized carbons (Fsp3) is 0.571. The summed E-state index contributed by atoms with van der Waals surface area (Å²) in [5.41, 5.74) is -0.127. The highest BCUT2D eigenvalue weighted by molar-refractivity contribution is 5.90. The van der Waals surface area contributed by atoms with E-state index in [9.17, 15) is 19.5 Å². The van der Waals surface area contributed by atoms with Gasteiger partial charge in [-0.05, 0) is 30.7 Å². The Balaban J connectivity index is 1.90. The van der Waals surface area contributed by atoms with Gasteiger partial charge in [-0.3, -0.25) is 14.4 Å². The maximum Gasteiger partial charge on any atom is 0.311 e. The number of aliphatic carboxylic acids is 1. The van der Waals surface area contributed by atoms with E-state index in [1.54, 1.807) is 9.80 Å². The molecule has 2 aliphatic rings. The minimum Gasteiger partial charge on any atom is -0.481 e. The first-order valence-corrected chi connectivity index (χ1v) is 9.73. The van der Waals surface area contributed by atoms with Gasteiger partial charge in [-0.2, -0.15) is 0 Å². The van der Waals surface area contributed by atoms with Crippen molar-refractivity contribution in [1.29, 1.82) is 0 Å². The van der Waals surface area contributed by atoms with Gasteiger partial charge in [0.05, 0.1) is 5.41 Å². The third kappa shape index (κ3) is 3.57. The van der Waals surface area contributed by atoms with Crippen molar-refractivity contribution < 1.29 is 19.5 Å². The Morgan fingerprint density at radius 2 is 1.81 bits per heavy atom. The third-order valence-electron chi connectivity index (χ3n) is 6.16. The summed E-state index contributed by atoms with van der Waals surface area (Å²) in [4.78, 5) is 41.2. The smallest absolute Gasteiger partial charge is 0.311 e. The van der Waals surface area contributed by atoms with Gasteiger partial charge in [0.2, 0.25) is 11.8 Å². The minimum absolute atomic E-state index is 0.00370. The van der Waals surface area contributed by atoms with Gasteiger partial charge in [0.25, 0.3) is 0 Å². The molecule has 6 nitrogen and oxygen atoms in total. The number of amides is 2. The molecule has 1 aromatic rings. The second-order valence-corrected chi connectivity index (χ2v) is 7.98. The minimum atomic E-state index is -0.914. The Bertz CT molecular complexity index is 718. The first-order valence-electron chi connectivity index (χ1n) is 9.73. The molecule has 2 fully saturated rings. The molecule has 27 heavy (non-hydrogen) atoms. The molecule has 0 bridgehead atoms. The number of rotatable bonds is 5. The second kappa shape index (κ2) is 7.71. The standard InChI is InChI=1S/C21H28N2O4/c1-15(2)21(20(26)27)11-13-22(14-21)19(25)18(16-8-4-3-5-9-16)23-12-7-6-10-17(23)24/h3-5,8-9,15,18H,6-7,10-14H2,1-2H3,(H,26,27). The van der Waals surface area contributed by atoms with E-state index >= 15 is 0 Å². The summed E-state index contributed by atoms with van der Waals surface area (Å²) in [7, 11) is 0. The number of benzene rings is 1. The molecule has 2 atom stereocenters. The molecule has 0 aliphatic carbocycles. The van der Waals surface area contributed by atoms with Crippen LogP contribution in [0.15, 0.2) is 30.3 Å². The Morgan fingerprint density at radius 1 is 1.11 bits per heavy atom. The molecule has 0 aromatic heterocycles. The SMILES string of the molecule is CC(C)C1(C(=O)O)CCN(C(=O)C(c2ccccc2)N2CCCCC2=O)C1. The lowest BCUT2D eigenvalue weighted by Crippen LogP contribution is -2.48. The number of nitrogens with zero attached hydrogens (tertiary/aromatic N) is 2. The first kappa shape index (κ1) is 19.4. The number of carboxylic acids is 1. The van der Waals surface area contributed by atoms with Gasteiger partial charge < -0.3 is 14.9 Å². The average Bonchev–Trinajstić information content (AvgIpc) is 3.11. The van der Waals surface area contributed by atoms with E-state index in [4.69, 9.17) is 0 Å². The molecule has 3 rings (SSSR count). The Labute approximate surface area is 160 Å². The molecule has 2 amide bonds. The molecule has 2 unspecified atom stereocenters. The van der Waals surface area contributed by atoms with E-state index < -0.39 is 17.4 Å². The normalized spacial score (nSPS) is 24.3. The maximum atomic E-state index is 13.5. The zero-order valence-corrected chi connectivity index (χ0v) is 16.1. The third-order valence-corrected chi connectivity index (χ3v) is 6.16. The predicted octanol–water partition coefficient (Wildman–Crippen LogP) is 2.70. The zero-order chi connectivity index (χ0) is 19.6. The van der Waals surface area contributed by atoms with Crippen LogP contribution >= 0.6 is 0 Å². The molecular formula is C21H28N2O4. The molecule has 2 aliphatic heterocycles. The highest BCUT2D eigenvalue weighted by atomic mass is 16.4. The lowest BCUT2D eigenvalue weighted by atomic mass is 9.76. The van der Waals surface area contributed by atoms with Crippen LogP contribution < -0.4 is 0 Å². The van der Waals surface area contributed by atoms with Crippen LogP contribution in [0, 0.1) is 11.3 Å². The van der Waals surface area contributed by atoms with Crippen molar-refractivity contribution in [2.75, 3.05) is 19.6 Å². The number of piperidine rings is 1. The van der Waals surface area contributed by atoms with E-state index in [0.29, 0.717) is 25.9 Å². The topological polar surface area (TPSA) is 77.9 Å². The summed E-state index contributed by atoms with van der Waals surface area (Å²) in [5, 5.41) is 9.78. The predicted molar refractivity (Wildman–Crippen MR) is 101 cm³/mol. The van der Waals surface area contributed by atoms with Crippen LogP contribution in [0.1, 0.15) is 51.1 Å². The van der Waals surface area contributed by atoms with Gasteiger partial charge in [0.1, 0.15) is 6.04 Å². The van der Waals surface area contributed by atoms with Crippen molar-refractivity contribution in [2.24, 2.45) is 11.3 Å². The Morgan fingerprint density at radius 3 is 2.37 bits per heavy atom. The largest absolute Gasteiger partial charge is 0.481 e. The molecule has 146 valence electrons. The van der Waals surface area contributed by atoms with E-state index in [1.807, 2.05) is 44.2 Å². The number of carbonyl (C=O) groups is 3. The van der Waals surface area contributed by atoms with Crippen LogP contribution in [-0.4, -0.2) is 52.3 Å². The van der Waals surface area contributed by atoms with Crippen LogP contribution in [0.5, 0.6) is 0 Å². The van der Waals surface area contributed by atoms with Crippen molar-refractivity contribution in [3.05, 3.63) is 35.9 Å². The van der Waals surface area contributed by atoms with E-state index in [2.05, 4.69) is 0 Å². The maximum absolute atomic E-state index is 13.5. The van der Waals surface area contributed by atoms with Crippen molar-refractivity contribution in [1.82, 2.24) is 9.80 Å². The molecule has 2 heterocycles. The summed E-state index contributed by atoms with van der Waals surface area (Å²) in [6.07, 6.45) is 2.64. The molecule has 0 radical (unpaired) electrons. The fourth-order valence-electron chi connectivity index (χ4n) is 4.28. The summed E-state index contributed by atoms with van der Waals surface area (Å²) in [6.45, 7) is 4.96. The van der Waals surface area contributed by atoms with Crippen LogP contribution in [0.2, 0.25) is 0 Å². The quantitative estimate of drug-likeness (QED) is 0.862. The number of hydrogen-bond donors (Lipinski definition) is 1. The van der Waals surface area contributed by atoms with Gasteiger partial charge >= 0.3 is 5.97 Å². The van der Waals surface area contributed by atoms with Crippen LogP contribution in [0.4, 0.5) is 0 Å².